The maximum absolute atomic E-state index is 13.3. The molecule has 0 saturated carbocycles. The second-order valence-electron chi connectivity index (χ2n) is 4.24. The van der Waals surface area contributed by atoms with Gasteiger partial charge >= 0.3 is 0 Å². The van der Waals surface area contributed by atoms with Gasteiger partial charge in [0.05, 0.1) is 11.5 Å². The van der Waals surface area contributed by atoms with Crippen LogP contribution >= 0.6 is 11.8 Å². The summed E-state index contributed by atoms with van der Waals surface area (Å²) < 4.78 is 39.2. The number of halogens is 1. The number of hydrogen-bond donors (Lipinski definition) is 1. The third-order valence-corrected chi connectivity index (χ3v) is 5.68. The fourth-order valence-electron chi connectivity index (χ4n) is 1.58. The van der Waals surface area contributed by atoms with E-state index in [9.17, 15) is 12.8 Å². The van der Waals surface area contributed by atoms with Gasteiger partial charge in [-0.2, -0.15) is 16.1 Å². The third-order valence-electron chi connectivity index (χ3n) is 2.89. The molecular weight excluding hydrogens is 289 g/mol. The number of thioether (sulfide) groups is 1. The summed E-state index contributed by atoms with van der Waals surface area (Å²) in [6, 6.07) is 3.28. The Hall–Kier alpha value is -0.630. The molecule has 1 unspecified atom stereocenters. The van der Waals surface area contributed by atoms with Crippen LogP contribution in [0.3, 0.4) is 0 Å². The zero-order valence-electron chi connectivity index (χ0n) is 11.1. The van der Waals surface area contributed by atoms with Crippen LogP contribution in [0.25, 0.3) is 0 Å². The Balaban J connectivity index is 3.13. The molecule has 0 fully saturated rings. The Labute approximate surface area is 117 Å². The SMILES string of the molecule is CSCC(C)N(C)S(=O)(=O)c1ccc(F)c(CO)c1. The van der Waals surface area contributed by atoms with Gasteiger partial charge < -0.3 is 5.11 Å². The Morgan fingerprint density at radius 3 is 2.63 bits per heavy atom. The third kappa shape index (κ3) is 3.68. The molecule has 1 aromatic rings. The van der Waals surface area contributed by atoms with Gasteiger partial charge in [-0.3, -0.25) is 0 Å². The van der Waals surface area contributed by atoms with Gasteiger partial charge in [-0.1, -0.05) is 0 Å². The molecule has 0 saturated heterocycles. The molecule has 0 aliphatic rings. The fraction of sp³-hybridized carbons (Fsp3) is 0.500. The Kier molecular flexibility index (Phi) is 5.79. The van der Waals surface area contributed by atoms with Crippen LogP contribution < -0.4 is 0 Å². The van der Waals surface area contributed by atoms with Crippen molar-refractivity contribution in [3.63, 3.8) is 0 Å². The molecule has 0 amide bonds. The van der Waals surface area contributed by atoms with Crippen LogP contribution in [-0.2, 0) is 16.6 Å². The molecule has 108 valence electrons. The molecule has 1 atom stereocenters. The average molecular weight is 307 g/mol. The second kappa shape index (κ2) is 6.69. The minimum absolute atomic E-state index is 0.00611. The summed E-state index contributed by atoms with van der Waals surface area (Å²) in [5.74, 6) is 0.0605. The Morgan fingerprint density at radius 1 is 1.47 bits per heavy atom. The molecule has 7 heteroatoms. The van der Waals surface area contributed by atoms with Crippen LogP contribution in [0.15, 0.2) is 23.1 Å². The van der Waals surface area contributed by atoms with Gasteiger partial charge in [0.15, 0.2) is 0 Å². The van der Waals surface area contributed by atoms with Crippen LogP contribution in [0.1, 0.15) is 12.5 Å². The average Bonchev–Trinajstić information content (AvgIpc) is 2.38. The molecule has 1 aromatic carbocycles. The molecule has 4 nitrogen and oxygen atoms in total. The van der Waals surface area contributed by atoms with E-state index in [-0.39, 0.29) is 16.5 Å². The number of nitrogens with zero attached hydrogens (tertiary/aromatic N) is 1. The van der Waals surface area contributed by atoms with Crippen LogP contribution in [0.2, 0.25) is 0 Å². The minimum atomic E-state index is -3.67. The van der Waals surface area contributed by atoms with Gasteiger partial charge in [0.25, 0.3) is 0 Å². The molecule has 0 radical (unpaired) electrons. The highest BCUT2D eigenvalue weighted by molar-refractivity contribution is 7.98. The van der Waals surface area contributed by atoms with Crippen molar-refractivity contribution in [2.24, 2.45) is 0 Å². The molecule has 0 aliphatic heterocycles. The highest BCUT2D eigenvalue weighted by Crippen LogP contribution is 2.20. The van der Waals surface area contributed by atoms with E-state index in [1.165, 1.54) is 23.5 Å². The lowest BCUT2D eigenvalue weighted by atomic mass is 10.2. The van der Waals surface area contributed by atoms with Crippen molar-refractivity contribution < 1.29 is 17.9 Å². The van der Waals surface area contributed by atoms with Crippen LogP contribution in [0.4, 0.5) is 4.39 Å². The summed E-state index contributed by atoms with van der Waals surface area (Å²) >= 11 is 1.55. The van der Waals surface area contributed by atoms with E-state index < -0.39 is 22.4 Å². The standard InChI is InChI=1S/C12H18FNO3S2/c1-9(8-18-3)14(2)19(16,17)11-4-5-12(13)10(6-11)7-15/h4-6,9,15H,7-8H2,1-3H3. The summed E-state index contributed by atoms with van der Waals surface area (Å²) in [6.45, 7) is 1.28. The first-order valence-electron chi connectivity index (χ1n) is 5.70. The lowest BCUT2D eigenvalue weighted by Gasteiger charge is -2.23. The second-order valence-corrected chi connectivity index (χ2v) is 7.15. The summed E-state index contributed by atoms with van der Waals surface area (Å²) in [5.41, 5.74) is -0.0213. The van der Waals surface area contributed by atoms with Crippen molar-refractivity contribution >= 4 is 21.8 Å². The predicted octanol–water partition coefficient (Wildman–Crippen LogP) is 1.69. The van der Waals surface area contributed by atoms with Crippen molar-refractivity contribution in [1.29, 1.82) is 0 Å². The van der Waals surface area contributed by atoms with Crippen molar-refractivity contribution in [2.75, 3.05) is 19.1 Å². The number of aliphatic hydroxyl groups is 1. The summed E-state index contributed by atoms with van der Waals surface area (Å²) in [4.78, 5) is -0.00611. The summed E-state index contributed by atoms with van der Waals surface area (Å²) in [7, 11) is -2.17. The minimum Gasteiger partial charge on any atom is -0.392 e. The summed E-state index contributed by atoms with van der Waals surface area (Å²) in [5, 5.41) is 8.99. The molecule has 1 rings (SSSR count). The maximum atomic E-state index is 13.3. The Bertz CT molecular complexity index is 534. The van der Waals surface area contributed by atoms with Crippen molar-refractivity contribution in [3.05, 3.63) is 29.6 Å². The molecule has 0 aliphatic carbocycles. The quantitative estimate of drug-likeness (QED) is 0.869. The van der Waals surface area contributed by atoms with Crippen molar-refractivity contribution in [1.82, 2.24) is 4.31 Å². The Morgan fingerprint density at radius 2 is 2.11 bits per heavy atom. The van der Waals surface area contributed by atoms with Gasteiger partial charge in [-0.25, -0.2) is 12.8 Å². The lowest BCUT2D eigenvalue weighted by molar-refractivity contribution is 0.275. The lowest BCUT2D eigenvalue weighted by Crippen LogP contribution is -2.36. The highest BCUT2D eigenvalue weighted by Gasteiger charge is 2.25. The first-order chi connectivity index (χ1) is 8.84. The number of benzene rings is 1. The van der Waals surface area contributed by atoms with Crippen LogP contribution in [-0.4, -0.2) is 42.9 Å². The highest BCUT2D eigenvalue weighted by atomic mass is 32.2. The van der Waals surface area contributed by atoms with E-state index in [2.05, 4.69) is 0 Å². The van der Waals surface area contributed by atoms with Gasteiger partial charge in [-0.15, -0.1) is 0 Å². The summed E-state index contributed by atoms with van der Waals surface area (Å²) in [6.07, 6.45) is 1.90. The predicted molar refractivity (Wildman–Crippen MR) is 75.1 cm³/mol. The molecule has 1 N–H and O–H groups in total. The van der Waals surface area contributed by atoms with Crippen LogP contribution in [0.5, 0.6) is 0 Å². The van der Waals surface area contributed by atoms with E-state index in [4.69, 9.17) is 5.11 Å². The zero-order valence-corrected chi connectivity index (χ0v) is 12.8. The molecular formula is C12H18FNO3S2. The van der Waals surface area contributed by atoms with E-state index in [1.54, 1.807) is 11.8 Å². The molecule has 0 aromatic heterocycles. The molecule has 19 heavy (non-hydrogen) atoms. The van der Waals surface area contributed by atoms with Crippen LogP contribution in [0, 0.1) is 5.82 Å². The van der Waals surface area contributed by atoms with Gasteiger partial charge in [-0.05, 0) is 31.4 Å². The zero-order chi connectivity index (χ0) is 14.6. The van der Waals surface area contributed by atoms with E-state index in [0.717, 1.165) is 6.07 Å². The molecule has 0 bridgehead atoms. The molecule has 0 spiro atoms. The van der Waals surface area contributed by atoms with E-state index >= 15 is 0 Å². The molecule has 0 heterocycles. The van der Waals surface area contributed by atoms with Gasteiger partial charge in [0, 0.05) is 24.4 Å². The fourth-order valence-corrected chi connectivity index (χ4v) is 3.79. The van der Waals surface area contributed by atoms with Crippen molar-refractivity contribution in [3.8, 4) is 0 Å². The monoisotopic (exact) mass is 307 g/mol. The smallest absolute Gasteiger partial charge is 0.243 e. The van der Waals surface area contributed by atoms with Gasteiger partial charge in [0.1, 0.15) is 5.82 Å². The van der Waals surface area contributed by atoms with E-state index in [1.807, 2.05) is 13.2 Å². The first kappa shape index (κ1) is 16.4. The number of sulfonamides is 1. The topological polar surface area (TPSA) is 57.6 Å². The largest absolute Gasteiger partial charge is 0.392 e. The number of hydrogen-bond acceptors (Lipinski definition) is 4. The number of rotatable bonds is 6. The number of aliphatic hydroxyl groups excluding tert-OH is 1. The van der Waals surface area contributed by atoms with E-state index in [0.29, 0.717) is 5.75 Å². The normalized spacial score (nSPS) is 13.8. The first-order valence-corrected chi connectivity index (χ1v) is 8.54. The maximum Gasteiger partial charge on any atom is 0.243 e. The van der Waals surface area contributed by atoms with Crippen molar-refractivity contribution in [2.45, 2.75) is 24.5 Å². The van der Waals surface area contributed by atoms with Gasteiger partial charge in [0.2, 0.25) is 10.0 Å².